The number of nitrogens with one attached hydrogen (secondary N) is 1. The number of carbonyl (C=O) groups is 1. The van der Waals surface area contributed by atoms with Gasteiger partial charge in [-0.2, -0.15) is 0 Å². The molecule has 1 aliphatic rings. The smallest absolute Gasteiger partial charge is 0.261 e. The number of rotatable bonds is 8. The summed E-state index contributed by atoms with van der Waals surface area (Å²) in [6, 6.07) is 2.04. The van der Waals surface area contributed by atoms with E-state index in [-0.39, 0.29) is 11.7 Å². The second-order valence-corrected chi connectivity index (χ2v) is 8.59. The predicted octanol–water partition coefficient (Wildman–Crippen LogP) is 2.03. The lowest BCUT2D eigenvalue weighted by Crippen LogP contribution is -2.32. The Labute approximate surface area is 130 Å². The molecule has 2 rings (SSSR count). The Hall–Kier alpha value is -0.920. The van der Waals surface area contributed by atoms with E-state index in [1.165, 1.54) is 34.0 Å². The first-order chi connectivity index (χ1) is 9.95. The van der Waals surface area contributed by atoms with Crippen LogP contribution in [0.25, 0.3) is 0 Å². The molecule has 1 saturated carbocycles. The Bertz CT molecular complexity index is 591. The molecule has 1 aromatic rings. The molecular weight excluding hydrogens is 308 g/mol. The van der Waals surface area contributed by atoms with Gasteiger partial charge in [-0.25, -0.2) is 12.7 Å². The monoisotopic (exact) mass is 330 g/mol. The number of sulfonamides is 1. The normalized spacial score (nSPS) is 15.4. The van der Waals surface area contributed by atoms with Crippen molar-refractivity contribution in [3.63, 3.8) is 0 Å². The molecule has 1 N–H and O–H groups in total. The number of amides is 1. The highest BCUT2D eigenvalue weighted by Crippen LogP contribution is 2.43. The van der Waals surface area contributed by atoms with Crippen LogP contribution in [0.1, 0.15) is 47.3 Å². The molecule has 0 radical (unpaired) electrons. The van der Waals surface area contributed by atoms with E-state index < -0.39 is 10.0 Å². The lowest BCUT2D eigenvalue weighted by atomic mass is 10.1. The van der Waals surface area contributed by atoms with Crippen LogP contribution < -0.4 is 5.32 Å². The van der Waals surface area contributed by atoms with Crippen molar-refractivity contribution in [1.82, 2.24) is 9.62 Å². The third-order valence-corrected chi connectivity index (χ3v) is 6.48. The molecule has 0 atom stereocenters. The van der Waals surface area contributed by atoms with Crippen molar-refractivity contribution >= 4 is 27.3 Å². The maximum Gasteiger partial charge on any atom is 0.261 e. The van der Waals surface area contributed by atoms with Crippen molar-refractivity contribution in [2.45, 2.75) is 32.1 Å². The van der Waals surface area contributed by atoms with E-state index >= 15 is 0 Å². The molecule has 0 spiro atoms. The van der Waals surface area contributed by atoms with Crippen LogP contribution >= 0.6 is 11.3 Å². The van der Waals surface area contributed by atoms with Gasteiger partial charge in [0.05, 0.1) is 10.6 Å². The van der Waals surface area contributed by atoms with E-state index in [0.29, 0.717) is 25.4 Å². The maximum absolute atomic E-state index is 12.1. The van der Waals surface area contributed by atoms with Crippen LogP contribution in [-0.4, -0.2) is 44.5 Å². The molecule has 0 aromatic carbocycles. The zero-order valence-corrected chi connectivity index (χ0v) is 14.1. The minimum Gasteiger partial charge on any atom is -0.351 e. The molecule has 0 aliphatic heterocycles. The Morgan fingerprint density at radius 3 is 2.81 bits per heavy atom. The molecule has 0 saturated heterocycles. The summed E-state index contributed by atoms with van der Waals surface area (Å²) in [7, 11) is -1.55. The van der Waals surface area contributed by atoms with Gasteiger partial charge in [-0.3, -0.25) is 4.79 Å². The number of thiophene rings is 1. The molecule has 1 fully saturated rings. The van der Waals surface area contributed by atoms with E-state index in [4.69, 9.17) is 0 Å². The Morgan fingerprint density at radius 2 is 2.19 bits per heavy atom. The largest absolute Gasteiger partial charge is 0.351 e. The van der Waals surface area contributed by atoms with Crippen LogP contribution in [0.3, 0.4) is 0 Å². The van der Waals surface area contributed by atoms with Gasteiger partial charge in [0.1, 0.15) is 0 Å². The SMILES string of the molecule is CCS(=O)(=O)N(C)CCCNC(=O)c1sccc1C1CC1. The molecule has 5 nitrogen and oxygen atoms in total. The van der Waals surface area contributed by atoms with E-state index in [2.05, 4.69) is 5.32 Å². The van der Waals surface area contributed by atoms with Gasteiger partial charge in [0.2, 0.25) is 10.0 Å². The fourth-order valence-electron chi connectivity index (χ4n) is 2.16. The molecule has 1 amide bonds. The molecule has 0 bridgehead atoms. The average Bonchev–Trinajstić information content (AvgIpc) is 3.20. The Kier molecular flexibility index (Phi) is 5.40. The predicted molar refractivity (Wildman–Crippen MR) is 85.3 cm³/mol. The second kappa shape index (κ2) is 6.89. The van der Waals surface area contributed by atoms with Crippen molar-refractivity contribution < 1.29 is 13.2 Å². The van der Waals surface area contributed by atoms with Crippen molar-refractivity contribution in [3.05, 3.63) is 21.9 Å². The Balaban J connectivity index is 1.76. The van der Waals surface area contributed by atoms with Crippen LogP contribution in [0, 0.1) is 0 Å². The number of hydrogen-bond donors (Lipinski definition) is 1. The third-order valence-electron chi connectivity index (χ3n) is 3.69. The lowest BCUT2D eigenvalue weighted by molar-refractivity contribution is 0.0956. The zero-order chi connectivity index (χ0) is 15.5. The molecule has 7 heteroatoms. The van der Waals surface area contributed by atoms with Gasteiger partial charge < -0.3 is 5.32 Å². The molecule has 1 aromatic heterocycles. The topological polar surface area (TPSA) is 66.5 Å². The molecule has 1 heterocycles. The molecule has 1 aliphatic carbocycles. The van der Waals surface area contributed by atoms with Gasteiger partial charge in [-0.1, -0.05) is 0 Å². The van der Waals surface area contributed by atoms with Gasteiger partial charge in [0, 0.05) is 20.1 Å². The maximum atomic E-state index is 12.1. The fraction of sp³-hybridized carbons (Fsp3) is 0.643. The van der Waals surface area contributed by atoms with Crippen molar-refractivity contribution in [3.8, 4) is 0 Å². The summed E-state index contributed by atoms with van der Waals surface area (Å²) < 4.78 is 24.5. The van der Waals surface area contributed by atoms with E-state index in [1.807, 2.05) is 11.4 Å². The quantitative estimate of drug-likeness (QED) is 0.742. The van der Waals surface area contributed by atoms with Crippen LogP contribution in [0.2, 0.25) is 0 Å². The molecule has 21 heavy (non-hydrogen) atoms. The van der Waals surface area contributed by atoms with Crippen LogP contribution in [-0.2, 0) is 10.0 Å². The van der Waals surface area contributed by atoms with Crippen LogP contribution in [0.5, 0.6) is 0 Å². The third kappa shape index (κ3) is 4.28. The minimum absolute atomic E-state index is 0.0344. The van der Waals surface area contributed by atoms with Crippen molar-refractivity contribution in [1.29, 1.82) is 0 Å². The Morgan fingerprint density at radius 1 is 1.48 bits per heavy atom. The van der Waals surface area contributed by atoms with E-state index in [1.54, 1.807) is 14.0 Å². The molecule has 118 valence electrons. The summed E-state index contributed by atoms with van der Waals surface area (Å²) in [5, 5.41) is 4.85. The number of hydrogen-bond acceptors (Lipinski definition) is 4. The number of carbonyl (C=O) groups excluding carboxylic acids is 1. The first kappa shape index (κ1) is 16.5. The van der Waals surface area contributed by atoms with Gasteiger partial charge in [-0.05, 0) is 49.1 Å². The van der Waals surface area contributed by atoms with E-state index in [0.717, 1.165) is 4.88 Å². The summed E-state index contributed by atoms with van der Waals surface area (Å²) in [5.74, 6) is 0.640. The summed E-state index contributed by atoms with van der Waals surface area (Å²) in [6.45, 7) is 2.55. The molecule has 0 unspecified atom stereocenters. The second-order valence-electron chi connectivity index (χ2n) is 5.31. The summed E-state index contributed by atoms with van der Waals surface area (Å²) in [6.07, 6.45) is 2.97. The summed E-state index contributed by atoms with van der Waals surface area (Å²) in [5.41, 5.74) is 1.17. The summed E-state index contributed by atoms with van der Waals surface area (Å²) >= 11 is 1.48. The highest BCUT2D eigenvalue weighted by molar-refractivity contribution is 7.89. The highest BCUT2D eigenvalue weighted by atomic mass is 32.2. The number of nitrogens with zero attached hydrogens (tertiary/aromatic N) is 1. The van der Waals surface area contributed by atoms with Crippen LogP contribution in [0.15, 0.2) is 11.4 Å². The van der Waals surface area contributed by atoms with Crippen molar-refractivity contribution in [2.75, 3.05) is 25.9 Å². The van der Waals surface area contributed by atoms with Gasteiger partial charge >= 0.3 is 0 Å². The lowest BCUT2D eigenvalue weighted by Gasteiger charge is -2.15. The van der Waals surface area contributed by atoms with Crippen LogP contribution in [0.4, 0.5) is 0 Å². The highest BCUT2D eigenvalue weighted by Gasteiger charge is 2.28. The first-order valence-electron chi connectivity index (χ1n) is 7.25. The fourth-order valence-corrected chi connectivity index (χ4v) is 3.91. The standard InChI is InChI=1S/C14H22N2O3S2/c1-3-21(18,19)16(2)9-4-8-15-14(17)13-12(7-10-20-13)11-5-6-11/h7,10-11H,3-6,8-9H2,1-2H3,(H,15,17). The minimum atomic E-state index is -3.13. The van der Waals surface area contributed by atoms with E-state index in [9.17, 15) is 13.2 Å². The first-order valence-corrected chi connectivity index (χ1v) is 9.74. The summed E-state index contributed by atoms with van der Waals surface area (Å²) in [4.78, 5) is 12.9. The zero-order valence-electron chi connectivity index (χ0n) is 12.5. The molecular formula is C14H22N2O3S2. The van der Waals surface area contributed by atoms with Crippen molar-refractivity contribution in [2.24, 2.45) is 0 Å². The van der Waals surface area contributed by atoms with Gasteiger partial charge in [0.25, 0.3) is 5.91 Å². The van der Waals surface area contributed by atoms with Gasteiger partial charge in [-0.15, -0.1) is 11.3 Å². The van der Waals surface area contributed by atoms with Gasteiger partial charge in [0.15, 0.2) is 0 Å². The average molecular weight is 330 g/mol.